The Morgan fingerprint density at radius 1 is 0.844 bits per heavy atom. The van der Waals surface area contributed by atoms with Gasteiger partial charge < -0.3 is 10.2 Å². The Morgan fingerprint density at radius 2 is 1.44 bits per heavy atom. The number of anilines is 1. The van der Waals surface area contributed by atoms with Crippen LogP contribution in [-0.2, 0) is 32.6 Å². The topological polar surface area (TPSA) is 86.8 Å². The van der Waals surface area contributed by atoms with Crippen molar-refractivity contribution in [3.05, 3.63) is 130 Å². The fraction of sp³-hybridized carbons (Fsp3) is 0.257. The van der Waals surface area contributed by atoms with Gasteiger partial charge in [0, 0.05) is 28.1 Å². The number of carbonyl (C=O) groups excluding carboxylic acids is 2. The van der Waals surface area contributed by atoms with E-state index in [0.717, 1.165) is 39.1 Å². The Bertz CT molecular complexity index is 1700. The molecule has 1 atom stereocenters. The number of sulfonamides is 1. The van der Waals surface area contributed by atoms with Crippen LogP contribution in [0, 0.1) is 9.39 Å². The molecule has 1 fully saturated rings. The molecule has 4 aromatic carbocycles. The molecule has 0 heterocycles. The van der Waals surface area contributed by atoms with Gasteiger partial charge in [0.1, 0.15) is 18.4 Å². The standard InChI is InChI=1S/C35H35FIN3O4S/c36-32-18-10-7-13-27(32)24-39(33(23-26-11-3-1-4-12-26)35(42)38-29-14-8-9-15-29)34(41)25-40(30-21-19-28(37)20-22-30)45(43,44)31-16-5-2-6-17-31/h1-7,10-13,16-22,29,33H,8-9,14-15,23-25H2,(H,38,42). The first-order valence-electron chi connectivity index (χ1n) is 14.9. The number of nitrogens with one attached hydrogen (secondary N) is 1. The summed E-state index contributed by atoms with van der Waals surface area (Å²) in [5.41, 5.74) is 1.35. The summed E-state index contributed by atoms with van der Waals surface area (Å²) in [5.74, 6) is -1.49. The van der Waals surface area contributed by atoms with E-state index >= 15 is 4.39 Å². The number of hydrogen-bond donors (Lipinski definition) is 1. The number of rotatable bonds is 12. The van der Waals surface area contributed by atoms with E-state index in [1.54, 1.807) is 60.7 Å². The van der Waals surface area contributed by atoms with Crippen LogP contribution in [0.3, 0.4) is 0 Å². The summed E-state index contributed by atoms with van der Waals surface area (Å²) < 4.78 is 45.1. The van der Waals surface area contributed by atoms with E-state index in [1.807, 2.05) is 30.3 Å². The number of halogens is 2. The summed E-state index contributed by atoms with van der Waals surface area (Å²) in [6.45, 7) is -0.804. The van der Waals surface area contributed by atoms with Crippen molar-refractivity contribution in [2.45, 2.75) is 55.6 Å². The summed E-state index contributed by atoms with van der Waals surface area (Å²) >= 11 is 2.13. The van der Waals surface area contributed by atoms with Crippen molar-refractivity contribution in [2.75, 3.05) is 10.8 Å². The van der Waals surface area contributed by atoms with Gasteiger partial charge in [0.05, 0.1) is 10.6 Å². The second-order valence-electron chi connectivity index (χ2n) is 11.1. The van der Waals surface area contributed by atoms with Crippen molar-refractivity contribution in [3.63, 3.8) is 0 Å². The van der Waals surface area contributed by atoms with Gasteiger partial charge in [-0.2, -0.15) is 0 Å². The molecule has 1 saturated carbocycles. The third-order valence-corrected chi connectivity index (χ3v) is 10.5. The molecule has 1 N–H and O–H groups in total. The van der Waals surface area contributed by atoms with Crippen LogP contribution >= 0.6 is 22.6 Å². The molecule has 1 unspecified atom stereocenters. The lowest BCUT2D eigenvalue weighted by Gasteiger charge is -2.34. The largest absolute Gasteiger partial charge is 0.352 e. The number of benzene rings is 4. The normalized spacial score (nSPS) is 14.1. The molecule has 2 amide bonds. The highest BCUT2D eigenvalue weighted by atomic mass is 127. The van der Waals surface area contributed by atoms with Crippen molar-refractivity contribution < 1.29 is 22.4 Å². The number of hydrogen-bond acceptors (Lipinski definition) is 4. The molecule has 1 aliphatic carbocycles. The zero-order valence-electron chi connectivity index (χ0n) is 24.7. The monoisotopic (exact) mass is 739 g/mol. The van der Waals surface area contributed by atoms with Gasteiger partial charge in [-0.15, -0.1) is 0 Å². The molecule has 7 nitrogen and oxygen atoms in total. The van der Waals surface area contributed by atoms with Gasteiger partial charge in [-0.05, 0) is 83.5 Å². The first kappa shape index (κ1) is 32.6. The lowest BCUT2D eigenvalue weighted by atomic mass is 10.0. The highest BCUT2D eigenvalue weighted by Gasteiger charge is 2.35. The summed E-state index contributed by atoms with van der Waals surface area (Å²) in [6, 6.07) is 29.1. The van der Waals surface area contributed by atoms with Crippen LogP contribution in [0.4, 0.5) is 10.1 Å². The SMILES string of the molecule is O=C(NC1CCCC1)C(Cc1ccccc1)N(Cc1ccccc1F)C(=O)CN(c1ccc(I)cc1)S(=O)(=O)c1ccccc1. The Kier molecular flexibility index (Phi) is 10.9. The van der Waals surface area contributed by atoms with Crippen LogP contribution in [-0.4, -0.2) is 43.8 Å². The Balaban J connectivity index is 1.56. The molecule has 0 radical (unpaired) electrons. The van der Waals surface area contributed by atoms with E-state index in [2.05, 4.69) is 27.9 Å². The predicted octanol–water partition coefficient (Wildman–Crippen LogP) is 6.32. The molecule has 1 aliphatic rings. The van der Waals surface area contributed by atoms with E-state index in [-0.39, 0.29) is 35.4 Å². The molecule has 0 saturated heterocycles. The second kappa shape index (κ2) is 15.0. The molecule has 4 aromatic rings. The first-order valence-corrected chi connectivity index (χ1v) is 17.4. The average Bonchev–Trinajstić information content (AvgIpc) is 3.56. The zero-order valence-corrected chi connectivity index (χ0v) is 27.7. The molecule has 0 aliphatic heterocycles. The van der Waals surface area contributed by atoms with Crippen LogP contribution < -0.4 is 9.62 Å². The molecule has 5 rings (SSSR count). The third-order valence-electron chi connectivity index (χ3n) is 8.00. The summed E-state index contributed by atoms with van der Waals surface area (Å²) in [4.78, 5) is 29.8. The fourth-order valence-corrected chi connectivity index (χ4v) is 7.38. The van der Waals surface area contributed by atoms with E-state index in [1.165, 1.54) is 23.1 Å². The third kappa shape index (κ3) is 8.29. The van der Waals surface area contributed by atoms with Crippen molar-refractivity contribution in [3.8, 4) is 0 Å². The molecule has 10 heteroatoms. The van der Waals surface area contributed by atoms with Crippen LogP contribution in [0.15, 0.2) is 114 Å². The van der Waals surface area contributed by atoms with Crippen molar-refractivity contribution >= 4 is 50.1 Å². The van der Waals surface area contributed by atoms with Gasteiger partial charge in [0.15, 0.2) is 0 Å². The second-order valence-corrected chi connectivity index (χ2v) is 14.2. The summed E-state index contributed by atoms with van der Waals surface area (Å²) in [6.07, 6.45) is 3.89. The number of nitrogens with zero attached hydrogens (tertiary/aromatic N) is 2. The summed E-state index contributed by atoms with van der Waals surface area (Å²) in [5, 5.41) is 3.12. The summed E-state index contributed by atoms with van der Waals surface area (Å²) in [7, 11) is -4.19. The molecule has 0 bridgehead atoms. The van der Waals surface area contributed by atoms with Crippen LogP contribution in [0.25, 0.3) is 0 Å². The van der Waals surface area contributed by atoms with Crippen molar-refractivity contribution in [2.24, 2.45) is 0 Å². The van der Waals surface area contributed by atoms with E-state index in [4.69, 9.17) is 0 Å². The number of amides is 2. The Labute approximate surface area is 277 Å². The molecule has 45 heavy (non-hydrogen) atoms. The minimum absolute atomic E-state index is 0.0112. The van der Waals surface area contributed by atoms with Gasteiger partial charge >= 0.3 is 0 Å². The smallest absolute Gasteiger partial charge is 0.264 e. The number of carbonyl (C=O) groups is 2. The van der Waals surface area contributed by atoms with Crippen molar-refractivity contribution in [1.29, 1.82) is 0 Å². The van der Waals surface area contributed by atoms with Gasteiger partial charge in [-0.1, -0.05) is 79.6 Å². The zero-order chi connectivity index (χ0) is 31.8. The fourth-order valence-electron chi connectivity index (χ4n) is 5.59. The van der Waals surface area contributed by atoms with E-state index in [0.29, 0.717) is 5.69 Å². The van der Waals surface area contributed by atoms with Gasteiger partial charge in [-0.3, -0.25) is 13.9 Å². The molecule has 0 spiro atoms. The van der Waals surface area contributed by atoms with Crippen LogP contribution in [0.1, 0.15) is 36.8 Å². The quantitative estimate of drug-likeness (QED) is 0.172. The van der Waals surface area contributed by atoms with Gasteiger partial charge in [-0.25, -0.2) is 12.8 Å². The van der Waals surface area contributed by atoms with Crippen molar-refractivity contribution in [1.82, 2.24) is 10.2 Å². The molecule has 234 valence electrons. The first-order chi connectivity index (χ1) is 21.7. The maximum absolute atomic E-state index is 15.1. The highest BCUT2D eigenvalue weighted by Crippen LogP contribution is 2.26. The highest BCUT2D eigenvalue weighted by molar-refractivity contribution is 14.1. The Morgan fingerprint density at radius 3 is 2.09 bits per heavy atom. The maximum atomic E-state index is 15.1. The van der Waals surface area contributed by atoms with Crippen LogP contribution in [0.5, 0.6) is 0 Å². The van der Waals surface area contributed by atoms with Gasteiger partial charge in [0.25, 0.3) is 10.0 Å². The molecule has 0 aromatic heterocycles. The van der Waals surface area contributed by atoms with Crippen LogP contribution in [0.2, 0.25) is 0 Å². The van der Waals surface area contributed by atoms with E-state index in [9.17, 15) is 18.0 Å². The molecular weight excluding hydrogens is 704 g/mol. The minimum Gasteiger partial charge on any atom is -0.352 e. The lowest BCUT2D eigenvalue weighted by Crippen LogP contribution is -2.54. The lowest BCUT2D eigenvalue weighted by molar-refractivity contribution is -0.140. The van der Waals surface area contributed by atoms with Gasteiger partial charge in [0.2, 0.25) is 11.8 Å². The predicted molar refractivity (Wildman–Crippen MR) is 181 cm³/mol. The molecular formula is C35H35FIN3O4S. The average molecular weight is 740 g/mol. The Hall–Kier alpha value is -3.77. The maximum Gasteiger partial charge on any atom is 0.264 e. The van der Waals surface area contributed by atoms with E-state index < -0.39 is 34.3 Å². The minimum atomic E-state index is -4.19.